The number of aromatic nitrogens is 1. The zero-order valence-corrected chi connectivity index (χ0v) is 10.8. The number of nitrogens with zero attached hydrogens (tertiary/aromatic N) is 2. The van der Waals surface area contributed by atoms with Crippen molar-refractivity contribution in [2.24, 2.45) is 0 Å². The molecule has 0 spiro atoms. The molecule has 4 nitrogen and oxygen atoms in total. The van der Waals surface area contributed by atoms with Crippen LogP contribution < -0.4 is 0 Å². The van der Waals surface area contributed by atoms with Gasteiger partial charge in [0.25, 0.3) is 0 Å². The molecule has 18 heavy (non-hydrogen) atoms. The molecule has 0 aromatic carbocycles. The molecule has 1 aliphatic rings. The Morgan fingerprint density at radius 1 is 1.56 bits per heavy atom. The van der Waals surface area contributed by atoms with Crippen molar-refractivity contribution < 1.29 is 9.53 Å². The van der Waals surface area contributed by atoms with Gasteiger partial charge >= 0.3 is 5.97 Å². The van der Waals surface area contributed by atoms with Gasteiger partial charge in [0.05, 0.1) is 13.2 Å². The van der Waals surface area contributed by atoms with Gasteiger partial charge in [0.1, 0.15) is 0 Å². The number of hydrogen-bond acceptors (Lipinski definition) is 4. The molecule has 1 fully saturated rings. The summed E-state index contributed by atoms with van der Waals surface area (Å²) >= 11 is 0. The van der Waals surface area contributed by atoms with Gasteiger partial charge in [-0.1, -0.05) is 12.5 Å². The highest BCUT2D eigenvalue weighted by molar-refractivity contribution is 5.71. The molecule has 1 atom stereocenters. The van der Waals surface area contributed by atoms with Crippen LogP contribution in [0.2, 0.25) is 0 Å². The molecule has 0 amide bonds. The summed E-state index contributed by atoms with van der Waals surface area (Å²) in [5.41, 5.74) is 1.20. The lowest BCUT2D eigenvalue weighted by Crippen LogP contribution is -2.38. The number of ether oxygens (including phenoxy) is 1. The maximum Gasteiger partial charge on any atom is 0.320 e. The summed E-state index contributed by atoms with van der Waals surface area (Å²) in [7, 11) is 0. The maximum absolute atomic E-state index is 11.6. The lowest BCUT2D eigenvalue weighted by Gasteiger charge is -2.34. The van der Waals surface area contributed by atoms with Crippen molar-refractivity contribution in [3.63, 3.8) is 0 Å². The fourth-order valence-corrected chi connectivity index (χ4v) is 2.50. The van der Waals surface area contributed by atoms with Crippen molar-refractivity contribution in [1.82, 2.24) is 9.88 Å². The van der Waals surface area contributed by atoms with Gasteiger partial charge in [0.15, 0.2) is 0 Å². The summed E-state index contributed by atoms with van der Waals surface area (Å²) in [6.07, 6.45) is 7.12. The molecule has 1 aromatic rings. The van der Waals surface area contributed by atoms with Gasteiger partial charge in [0.2, 0.25) is 0 Å². The highest BCUT2D eigenvalue weighted by Gasteiger charge is 2.25. The Kier molecular flexibility index (Phi) is 4.70. The Labute approximate surface area is 108 Å². The van der Waals surface area contributed by atoms with Crippen LogP contribution in [-0.4, -0.2) is 35.5 Å². The first-order chi connectivity index (χ1) is 8.81. The monoisotopic (exact) mass is 248 g/mol. The van der Waals surface area contributed by atoms with Crippen molar-refractivity contribution in [3.05, 3.63) is 30.1 Å². The first-order valence-corrected chi connectivity index (χ1v) is 6.61. The van der Waals surface area contributed by atoms with Crippen LogP contribution >= 0.6 is 0 Å². The molecule has 0 aliphatic carbocycles. The molecule has 0 radical (unpaired) electrons. The van der Waals surface area contributed by atoms with Gasteiger partial charge in [-0.2, -0.15) is 0 Å². The Balaban J connectivity index is 2.04. The third kappa shape index (κ3) is 3.29. The molecular weight excluding hydrogens is 228 g/mol. The third-order valence-corrected chi connectivity index (χ3v) is 3.32. The van der Waals surface area contributed by atoms with E-state index in [1.807, 2.05) is 19.2 Å². The fraction of sp³-hybridized carbons (Fsp3) is 0.571. The molecule has 0 unspecified atom stereocenters. The number of piperidine rings is 1. The topological polar surface area (TPSA) is 42.4 Å². The highest BCUT2D eigenvalue weighted by atomic mass is 16.5. The van der Waals surface area contributed by atoms with E-state index in [4.69, 9.17) is 4.74 Å². The van der Waals surface area contributed by atoms with Crippen LogP contribution in [-0.2, 0) is 9.53 Å². The van der Waals surface area contributed by atoms with E-state index in [1.165, 1.54) is 12.0 Å². The predicted molar refractivity (Wildman–Crippen MR) is 69.0 cm³/mol. The van der Waals surface area contributed by atoms with Crippen LogP contribution in [0.25, 0.3) is 0 Å². The van der Waals surface area contributed by atoms with Gasteiger partial charge in [-0.3, -0.25) is 14.7 Å². The third-order valence-electron chi connectivity index (χ3n) is 3.32. The molecule has 1 aliphatic heterocycles. The van der Waals surface area contributed by atoms with Crippen LogP contribution in [0.3, 0.4) is 0 Å². The minimum absolute atomic E-state index is 0.131. The van der Waals surface area contributed by atoms with E-state index in [2.05, 4.69) is 16.0 Å². The summed E-state index contributed by atoms with van der Waals surface area (Å²) in [5.74, 6) is -0.131. The summed E-state index contributed by atoms with van der Waals surface area (Å²) < 4.78 is 5.03. The van der Waals surface area contributed by atoms with E-state index in [9.17, 15) is 4.79 Å². The Morgan fingerprint density at radius 3 is 3.17 bits per heavy atom. The molecular formula is C14H20N2O2. The second kappa shape index (κ2) is 6.50. The zero-order chi connectivity index (χ0) is 12.8. The average Bonchev–Trinajstić information content (AvgIpc) is 2.40. The standard InChI is InChI=1S/C14H20N2O2/c1-2-18-14(17)11-16-9-4-3-7-13(16)12-6-5-8-15-10-12/h5-6,8,10,13H,2-4,7,9,11H2,1H3/t13-/m0/s1. The number of pyridine rings is 1. The molecule has 0 saturated carbocycles. The van der Waals surface area contributed by atoms with Gasteiger partial charge in [-0.25, -0.2) is 0 Å². The van der Waals surface area contributed by atoms with Crippen molar-refractivity contribution in [2.75, 3.05) is 19.7 Å². The number of rotatable bonds is 4. The molecule has 0 N–H and O–H groups in total. The van der Waals surface area contributed by atoms with Crippen molar-refractivity contribution in [1.29, 1.82) is 0 Å². The quantitative estimate of drug-likeness (QED) is 0.766. The van der Waals surface area contributed by atoms with Gasteiger partial charge in [0, 0.05) is 18.4 Å². The van der Waals surface area contributed by atoms with Crippen LogP contribution in [0.5, 0.6) is 0 Å². The zero-order valence-electron chi connectivity index (χ0n) is 10.8. The summed E-state index contributed by atoms with van der Waals surface area (Å²) in [4.78, 5) is 18.0. The van der Waals surface area contributed by atoms with Gasteiger partial charge in [-0.15, -0.1) is 0 Å². The Bertz CT molecular complexity index is 381. The minimum atomic E-state index is -0.131. The van der Waals surface area contributed by atoms with Gasteiger partial charge < -0.3 is 4.74 Å². The largest absolute Gasteiger partial charge is 0.465 e. The lowest BCUT2D eigenvalue weighted by atomic mass is 9.96. The number of carbonyl (C=O) groups excluding carboxylic acids is 1. The second-order valence-corrected chi connectivity index (χ2v) is 4.57. The molecule has 98 valence electrons. The second-order valence-electron chi connectivity index (χ2n) is 4.57. The number of esters is 1. The highest BCUT2D eigenvalue weighted by Crippen LogP contribution is 2.29. The first kappa shape index (κ1) is 13.0. The molecule has 1 aromatic heterocycles. The molecule has 1 saturated heterocycles. The molecule has 2 heterocycles. The number of hydrogen-bond donors (Lipinski definition) is 0. The van der Waals surface area contributed by atoms with E-state index in [-0.39, 0.29) is 5.97 Å². The van der Waals surface area contributed by atoms with E-state index in [1.54, 1.807) is 6.20 Å². The number of carbonyl (C=O) groups is 1. The maximum atomic E-state index is 11.6. The van der Waals surface area contributed by atoms with Gasteiger partial charge in [-0.05, 0) is 37.9 Å². The minimum Gasteiger partial charge on any atom is -0.465 e. The molecule has 2 rings (SSSR count). The molecule has 4 heteroatoms. The van der Waals surface area contributed by atoms with Crippen molar-refractivity contribution in [3.8, 4) is 0 Å². The summed E-state index contributed by atoms with van der Waals surface area (Å²) in [6.45, 7) is 3.63. The summed E-state index contributed by atoms with van der Waals surface area (Å²) in [5, 5.41) is 0. The smallest absolute Gasteiger partial charge is 0.320 e. The average molecular weight is 248 g/mol. The number of likely N-dealkylation sites (tertiary alicyclic amines) is 1. The SMILES string of the molecule is CCOC(=O)CN1CCCC[C@H]1c1cccnc1. The predicted octanol–water partition coefficient (Wildman–Crippen LogP) is 2.17. The van der Waals surface area contributed by atoms with Crippen LogP contribution in [0.1, 0.15) is 37.8 Å². The summed E-state index contributed by atoms with van der Waals surface area (Å²) in [6, 6.07) is 4.34. The molecule has 0 bridgehead atoms. The Morgan fingerprint density at radius 2 is 2.44 bits per heavy atom. The van der Waals surface area contributed by atoms with E-state index < -0.39 is 0 Å². The van der Waals surface area contributed by atoms with Crippen molar-refractivity contribution in [2.45, 2.75) is 32.2 Å². The van der Waals surface area contributed by atoms with E-state index in [0.29, 0.717) is 19.2 Å². The van der Waals surface area contributed by atoms with Crippen LogP contribution in [0.4, 0.5) is 0 Å². The van der Waals surface area contributed by atoms with Crippen molar-refractivity contribution >= 4 is 5.97 Å². The lowest BCUT2D eigenvalue weighted by molar-refractivity contribution is -0.145. The van der Waals surface area contributed by atoms with Crippen LogP contribution in [0.15, 0.2) is 24.5 Å². The fourth-order valence-electron chi connectivity index (χ4n) is 2.50. The first-order valence-electron chi connectivity index (χ1n) is 6.61. The van der Waals surface area contributed by atoms with Crippen LogP contribution in [0, 0.1) is 0 Å². The normalized spacial score (nSPS) is 20.6. The van der Waals surface area contributed by atoms with E-state index >= 15 is 0 Å². The van der Waals surface area contributed by atoms with E-state index in [0.717, 1.165) is 19.4 Å². The Hall–Kier alpha value is -1.42.